The number of aromatic nitrogens is 2. The number of hydrogen-bond acceptors (Lipinski definition) is 2. The number of imidazole rings is 1. The van der Waals surface area contributed by atoms with Gasteiger partial charge >= 0.3 is 12.1 Å². The summed E-state index contributed by atoms with van der Waals surface area (Å²) in [5.74, 6) is -2.07. The first-order chi connectivity index (χ1) is 12.1. The second-order valence-corrected chi connectivity index (χ2v) is 5.74. The van der Waals surface area contributed by atoms with Crippen LogP contribution in [0.5, 0.6) is 0 Å². The highest BCUT2D eigenvalue weighted by molar-refractivity contribution is 5.92. The molecule has 0 aliphatic rings. The van der Waals surface area contributed by atoms with Gasteiger partial charge < -0.3 is 5.11 Å². The Morgan fingerprint density at radius 2 is 1.92 bits per heavy atom. The van der Waals surface area contributed by atoms with E-state index >= 15 is 0 Å². The topological polar surface area (TPSA) is 54.6 Å². The number of halogens is 4. The average molecular weight is 364 g/mol. The van der Waals surface area contributed by atoms with Crippen LogP contribution in [0.25, 0.3) is 22.3 Å². The minimum absolute atomic E-state index is 0.0451. The quantitative estimate of drug-likeness (QED) is 0.673. The van der Waals surface area contributed by atoms with Crippen LogP contribution in [0, 0.1) is 5.82 Å². The van der Waals surface area contributed by atoms with E-state index in [-0.39, 0.29) is 22.4 Å². The van der Waals surface area contributed by atoms with Crippen LogP contribution in [0.4, 0.5) is 17.6 Å². The van der Waals surface area contributed by atoms with Gasteiger partial charge in [0, 0.05) is 6.20 Å². The normalized spacial score (nSPS) is 11.7. The monoisotopic (exact) mass is 364 g/mol. The van der Waals surface area contributed by atoms with Crippen molar-refractivity contribution in [2.24, 2.45) is 0 Å². The number of hydrogen-bond donors (Lipinski definition) is 1. The van der Waals surface area contributed by atoms with Gasteiger partial charge in [0.1, 0.15) is 5.82 Å². The molecular weight excluding hydrogens is 352 g/mol. The van der Waals surface area contributed by atoms with E-state index < -0.39 is 34.9 Å². The predicted octanol–water partition coefficient (Wildman–Crippen LogP) is 4.89. The molecule has 2 aromatic heterocycles. The zero-order valence-electron chi connectivity index (χ0n) is 13.4. The van der Waals surface area contributed by atoms with Gasteiger partial charge in [0.15, 0.2) is 11.3 Å². The van der Waals surface area contributed by atoms with Crippen molar-refractivity contribution in [3.63, 3.8) is 0 Å². The van der Waals surface area contributed by atoms with Gasteiger partial charge in [-0.1, -0.05) is 18.7 Å². The van der Waals surface area contributed by atoms with Gasteiger partial charge in [-0.3, -0.25) is 4.40 Å². The van der Waals surface area contributed by atoms with E-state index in [0.29, 0.717) is 0 Å². The highest BCUT2D eigenvalue weighted by atomic mass is 19.4. The Hall–Kier alpha value is -3.16. The molecule has 0 aliphatic heterocycles. The molecule has 0 radical (unpaired) electrons. The van der Waals surface area contributed by atoms with Gasteiger partial charge in [-0.15, -0.1) is 0 Å². The minimum Gasteiger partial charge on any atom is -0.476 e. The molecule has 0 atom stereocenters. The molecule has 0 spiro atoms. The largest absolute Gasteiger partial charge is 0.476 e. The molecule has 1 N–H and O–H groups in total. The van der Waals surface area contributed by atoms with Gasteiger partial charge in [0.25, 0.3) is 0 Å². The molecule has 0 bridgehead atoms. The second kappa shape index (κ2) is 5.98. The Balaban J connectivity index is 2.45. The summed E-state index contributed by atoms with van der Waals surface area (Å²) in [6.45, 7) is 5.10. The summed E-state index contributed by atoms with van der Waals surface area (Å²) in [5.41, 5.74) is -1.71. The van der Waals surface area contributed by atoms with Crippen LogP contribution in [0.2, 0.25) is 0 Å². The van der Waals surface area contributed by atoms with Crippen LogP contribution < -0.4 is 0 Å². The molecule has 26 heavy (non-hydrogen) atoms. The van der Waals surface area contributed by atoms with Gasteiger partial charge in [-0.2, -0.15) is 13.2 Å². The molecule has 1 aromatic carbocycles. The summed E-state index contributed by atoms with van der Waals surface area (Å²) < 4.78 is 55.1. The Morgan fingerprint density at radius 3 is 2.46 bits per heavy atom. The summed E-state index contributed by atoms with van der Waals surface area (Å²) in [5, 5.41) is 9.28. The molecule has 4 nitrogen and oxygen atoms in total. The molecule has 0 aliphatic carbocycles. The molecule has 3 rings (SSSR count). The molecular formula is C18H12F4N2O2. The van der Waals surface area contributed by atoms with Crippen molar-refractivity contribution in [1.29, 1.82) is 0 Å². The lowest BCUT2D eigenvalue weighted by Crippen LogP contribution is -2.09. The van der Waals surface area contributed by atoms with Crippen LogP contribution in [0.3, 0.4) is 0 Å². The number of allylic oxidation sites excluding steroid dienone is 1. The molecule has 0 saturated heterocycles. The lowest BCUT2D eigenvalue weighted by atomic mass is 10.0. The Morgan fingerprint density at radius 1 is 1.23 bits per heavy atom. The first-order valence-corrected chi connectivity index (χ1v) is 7.38. The average Bonchev–Trinajstić information content (AvgIpc) is 2.92. The lowest BCUT2D eigenvalue weighted by Gasteiger charge is -2.12. The Kier molecular flexibility index (Phi) is 4.06. The number of nitrogens with zero attached hydrogens (tertiary/aromatic N) is 2. The van der Waals surface area contributed by atoms with E-state index in [0.717, 1.165) is 16.5 Å². The molecule has 0 unspecified atom stereocenters. The zero-order valence-corrected chi connectivity index (χ0v) is 13.4. The van der Waals surface area contributed by atoms with Crippen molar-refractivity contribution in [1.82, 2.24) is 9.38 Å². The van der Waals surface area contributed by atoms with Crippen molar-refractivity contribution in [3.8, 4) is 11.1 Å². The number of carbonyl (C=O) groups is 1. The highest BCUT2D eigenvalue weighted by Gasteiger charge is 2.36. The number of carboxylic acids is 1. The van der Waals surface area contributed by atoms with Crippen molar-refractivity contribution >= 4 is 17.2 Å². The third-order valence-corrected chi connectivity index (χ3v) is 3.79. The van der Waals surface area contributed by atoms with Gasteiger partial charge in [0.05, 0.1) is 11.3 Å². The molecule has 0 fully saturated rings. The third kappa shape index (κ3) is 2.94. The summed E-state index contributed by atoms with van der Waals surface area (Å²) >= 11 is 0. The molecule has 3 aromatic rings. The van der Waals surface area contributed by atoms with Crippen LogP contribution >= 0.6 is 0 Å². The molecule has 134 valence electrons. The fourth-order valence-corrected chi connectivity index (χ4v) is 2.74. The van der Waals surface area contributed by atoms with E-state index in [2.05, 4.69) is 11.6 Å². The van der Waals surface area contributed by atoms with Gasteiger partial charge in [-0.05, 0) is 41.8 Å². The van der Waals surface area contributed by atoms with Crippen LogP contribution in [-0.2, 0) is 6.18 Å². The predicted molar refractivity (Wildman–Crippen MR) is 87.3 cm³/mol. The number of fused-ring (bicyclic) bond motifs is 1. The van der Waals surface area contributed by atoms with Crippen LogP contribution in [-0.4, -0.2) is 20.5 Å². The molecule has 2 heterocycles. The smallest absolute Gasteiger partial charge is 0.420 e. The van der Waals surface area contributed by atoms with E-state index in [1.807, 2.05) is 0 Å². The number of rotatable bonds is 3. The third-order valence-electron chi connectivity index (χ3n) is 3.79. The summed E-state index contributed by atoms with van der Waals surface area (Å²) in [7, 11) is 0. The first-order valence-electron chi connectivity index (χ1n) is 7.38. The van der Waals surface area contributed by atoms with E-state index in [1.165, 1.54) is 31.3 Å². The number of alkyl halides is 3. The summed E-state index contributed by atoms with van der Waals surface area (Å²) in [6, 6.07) is 5.92. The molecule has 0 saturated carbocycles. The van der Waals surface area contributed by atoms with Crippen LogP contribution in [0.1, 0.15) is 28.7 Å². The maximum absolute atomic E-state index is 13.5. The van der Waals surface area contributed by atoms with Crippen LogP contribution in [0.15, 0.2) is 43.1 Å². The van der Waals surface area contributed by atoms with Crippen molar-refractivity contribution < 1.29 is 27.5 Å². The standard InChI is InChI=1S/C18H12F4N2O2/c1-9(2)15-14(17(25)26)23-16-13(18(20,21)22)7-11(8-24(15)16)10-4-3-5-12(19)6-10/h3-8H,1H2,2H3,(H,25,26). The maximum atomic E-state index is 13.5. The highest BCUT2D eigenvalue weighted by Crippen LogP contribution is 2.37. The fraction of sp³-hybridized carbons (Fsp3) is 0.111. The first kappa shape index (κ1) is 17.7. The van der Waals surface area contributed by atoms with E-state index in [4.69, 9.17) is 0 Å². The summed E-state index contributed by atoms with van der Waals surface area (Å²) in [4.78, 5) is 15.1. The number of benzene rings is 1. The fourth-order valence-electron chi connectivity index (χ4n) is 2.74. The SMILES string of the molecule is C=C(C)c1c(C(=O)O)nc2c(C(F)(F)F)cc(-c3cccc(F)c3)cn12. The van der Waals surface area contributed by atoms with Gasteiger partial charge in [0.2, 0.25) is 0 Å². The van der Waals surface area contributed by atoms with Crippen molar-refractivity contribution in [3.05, 3.63) is 65.9 Å². The number of aromatic carboxylic acids is 1. The zero-order chi connectivity index (χ0) is 19.2. The number of pyridine rings is 1. The number of carboxylic acid groups (broad SMARTS) is 1. The maximum Gasteiger partial charge on any atom is 0.420 e. The Labute approximate surface area is 145 Å². The van der Waals surface area contributed by atoms with Crippen molar-refractivity contribution in [2.45, 2.75) is 13.1 Å². The second-order valence-electron chi connectivity index (χ2n) is 5.74. The lowest BCUT2D eigenvalue weighted by molar-refractivity contribution is -0.136. The van der Waals surface area contributed by atoms with Crippen molar-refractivity contribution in [2.75, 3.05) is 0 Å². The molecule has 0 amide bonds. The van der Waals surface area contributed by atoms with E-state index in [9.17, 15) is 27.5 Å². The molecule has 8 heteroatoms. The van der Waals surface area contributed by atoms with Gasteiger partial charge in [-0.25, -0.2) is 14.2 Å². The minimum atomic E-state index is -4.78. The Bertz CT molecular complexity index is 1050. The summed E-state index contributed by atoms with van der Waals surface area (Å²) in [6.07, 6.45) is -3.49. The van der Waals surface area contributed by atoms with E-state index in [1.54, 1.807) is 0 Å².